The van der Waals surface area contributed by atoms with E-state index in [9.17, 15) is 4.79 Å². The number of carbonyl (C=O) groups is 1. The summed E-state index contributed by atoms with van der Waals surface area (Å²) >= 11 is 0. The molecule has 0 saturated carbocycles. The lowest BCUT2D eigenvalue weighted by Gasteiger charge is -2.21. The molecule has 1 aliphatic rings. The monoisotopic (exact) mass is 204 g/mol. The molecule has 0 spiro atoms. The van der Waals surface area contributed by atoms with Crippen LogP contribution in [0.15, 0.2) is 30.3 Å². The fraction of sp³-hybridized carbons (Fsp3) is 0.417. The Morgan fingerprint density at radius 3 is 2.60 bits per heavy atom. The molecule has 1 aromatic rings. The minimum absolute atomic E-state index is 0.0842. The van der Waals surface area contributed by atoms with Crippen LogP contribution in [0, 0.1) is 0 Å². The summed E-state index contributed by atoms with van der Waals surface area (Å²) < 4.78 is 0. The largest absolute Gasteiger partial charge is 0.354 e. The third-order valence-electron chi connectivity index (χ3n) is 2.65. The van der Waals surface area contributed by atoms with Crippen molar-refractivity contribution in [2.75, 3.05) is 13.1 Å². The van der Waals surface area contributed by atoms with Crippen LogP contribution >= 0.6 is 0 Å². The third kappa shape index (κ3) is 2.57. The van der Waals surface area contributed by atoms with Gasteiger partial charge in [-0.3, -0.25) is 4.79 Å². The van der Waals surface area contributed by atoms with Crippen LogP contribution in [0.5, 0.6) is 0 Å². The first kappa shape index (κ1) is 10.2. The average molecular weight is 204 g/mol. The van der Waals surface area contributed by atoms with Gasteiger partial charge in [0.15, 0.2) is 0 Å². The molecule has 1 fully saturated rings. The Kier molecular flexibility index (Phi) is 3.35. The molecule has 0 aromatic heterocycles. The molecule has 15 heavy (non-hydrogen) atoms. The molecule has 3 heteroatoms. The van der Waals surface area contributed by atoms with Crippen molar-refractivity contribution in [3.63, 3.8) is 0 Å². The van der Waals surface area contributed by atoms with E-state index in [0.29, 0.717) is 0 Å². The molecule has 0 radical (unpaired) electrons. The number of hydrogen-bond donors (Lipinski definition) is 2. The van der Waals surface area contributed by atoms with Gasteiger partial charge in [-0.15, -0.1) is 0 Å². The zero-order valence-electron chi connectivity index (χ0n) is 8.70. The minimum Gasteiger partial charge on any atom is -0.354 e. The standard InChI is InChI=1S/C12H16N2O/c15-12-11(10-6-2-1-3-7-10)13-8-4-5-9-14-12/h1-3,6-7,11,13H,4-5,8-9H2,(H,14,15). The predicted octanol–water partition coefficient (Wildman–Crippen LogP) is 1.23. The van der Waals surface area contributed by atoms with Crippen LogP contribution in [0.25, 0.3) is 0 Å². The number of carbonyl (C=O) groups excluding carboxylic acids is 1. The van der Waals surface area contributed by atoms with Gasteiger partial charge in [-0.05, 0) is 24.9 Å². The first-order valence-corrected chi connectivity index (χ1v) is 5.44. The summed E-state index contributed by atoms with van der Waals surface area (Å²) in [6.45, 7) is 1.71. The van der Waals surface area contributed by atoms with Gasteiger partial charge in [-0.25, -0.2) is 0 Å². The summed E-state index contributed by atoms with van der Waals surface area (Å²) in [5, 5.41) is 6.21. The van der Waals surface area contributed by atoms with E-state index in [2.05, 4.69) is 10.6 Å². The quantitative estimate of drug-likeness (QED) is 0.722. The molecule has 1 amide bonds. The maximum Gasteiger partial charge on any atom is 0.241 e. The lowest BCUT2D eigenvalue weighted by molar-refractivity contribution is -0.123. The van der Waals surface area contributed by atoms with Crippen molar-refractivity contribution in [2.24, 2.45) is 0 Å². The molecule has 1 aromatic carbocycles. The number of benzene rings is 1. The second-order valence-corrected chi connectivity index (χ2v) is 3.80. The van der Waals surface area contributed by atoms with Crippen molar-refractivity contribution in [2.45, 2.75) is 18.9 Å². The maximum atomic E-state index is 11.8. The molecule has 1 aliphatic heterocycles. The molecule has 0 bridgehead atoms. The molecule has 3 nitrogen and oxygen atoms in total. The Morgan fingerprint density at radius 1 is 1.07 bits per heavy atom. The molecular formula is C12H16N2O. The fourth-order valence-electron chi connectivity index (χ4n) is 1.82. The van der Waals surface area contributed by atoms with Crippen LogP contribution < -0.4 is 10.6 Å². The summed E-state index contributed by atoms with van der Waals surface area (Å²) in [7, 11) is 0. The van der Waals surface area contributed by atoms with E-state index in [1.807, 2.05) is 30.3 Å². The molecule has 1 atom stereocenters. The second kappa shape index (κ2) is 4.94. The summed E-state index contributed by atoms with van der Waals surface area (Å²) in [6, 6.07) is 9.67. The Bertz CT molecular complexity index is 324. The highest BCUT2D eigenvalue weighted by atomic mass is 16.2. The van der Waals surface area contributed by atoms with E-state index in [1.54, 1.807) is 0 Å². The van der Waals surface area contributed by atoms with Crippen molar-refractivity contribution < 1.29 is 4.79 Å². The normalized spacial score (nSPS) is 22.7. The molecule has 0 aliphatic carbocycles. The maximum absolute atomic E-state index is 11.8. The summed E-state index contributed by atoms with van der Waals surface area (Å²) in [5.41, 5.74) is 1.04. The highest BCUT2D eigenvalue weighted by Gasteiger charge is 2.20. The summed E-state index contributed by atoms with van der Waals surface area (Å²) in [5.74, 6) is 0.0842. The number of hydrogen-bond acceptors (Lipinski definition) is 2. The van der Waals surface area contributed by atoms with Gasteiger partial charge in [0.1, 0.15) is 6.04 Å². The zero-order valence-corrected chi connectivity index (χ0v) is 8.70. The van der Waals surface area contributed by atoms with Crippen molar-refractivity contribution in [3.05, 3.63) is 35.9 Å². The Morgan fingerprint density at radius 2 is 1.80 bits per heavy atom. The average Bonchev–Trinajstić information content (AvgIpc) is 2.25. The lowest BCUT2D eigenvalue weighted by atomic mass is 10.1. The minimum atomic E-state index is -0.188. The third-order valence-corrected chi connectivity index (χ3v) is 2.65. The predicted molar refractivity (Wildman–Crippen MR) is 59.4 cm³/mol. The summed E-state index contributed by atoms with van der Waals surface area (Å²) in [4.78, 5) is 11.8. The van der Waals surface area contributed by atoms with Crippen molar-refractivity contribution >= 4 is 5.91 Å². The van der Waals surface area contributed by atoms with Gasteiger partial charge in [0.25, 0.3) is 0 Å². The Hall–Kier alpha value is -1.35. The van der Waals surface area contributed by atoms with Gasteiger partial charge < -0.3 is 10.6 Å². The highest BCUT2D eigenvalue weighted by molar-refractivity contribution is 5.83. The highest BCUT2D eigenvalue weighted by Crippen LogP contribution is 2.13. The first-order chi connectivity index (χ1) is 7.38. The Balaban J connectivity index is 2.14. The van der Waals surface area contributed by atoms with Crippen LogP contribution in [-0.2, 0) is 4.79 Å². The van der Waals surface area contributed by atoms with Gasteiger partial charge >= 0.3 is 0 Å². The van der Waals surface area contributed by atoms with Gasteiger partial charge in [-0.2, -0.15) is 0 Å². The van der Waals surface area contributed by atoms with Gasteiger partial charge in [0, 0.05) is 6.54 Å². The smallest absolute Gasteiger partial charge is 0.241 e. The topological polar surface area (TPSA) is 41.1 Å². The molecule has 2 rings (SSSR count). The van der Waals surface area contributed by atoms with Gasteiger partial charge in [0.2, 0.25) is 5.91 Å². The lowest BCUT2D eigenvalue weighted by Crippen LogP contribution is -2.40. The van der Waals surface area contributed by atoms with Gasteiger partial charge in [0.05, 0.1) is 0 Å². The molecular weight excluding hydrogens is 188 g/mol. The van der Waals surface area contributed by atoms with Crippen molar-refractivity contribution in [3.8, 4) is 0 Å². The van der Waals surface area contributed by atoms with Gasteiger partial charge in [-0.1, -0.05) is 30.3 Å². The van der Waals surface area contributed by atoms with E-state index in [0.717, 1.165) is 31.5 Å². The van der Waals surface area contributed by atoms with Crippen LogP contribution in [0.3, 0.4) is 0 Å². The second-order valence-electron chi connectivity index (χ2n) is 3.80. The van der Waals surface area contributed by atoms with E-state index >= 15 is 0 Å². The molecule has 1 unspecified atom stereocenters. The number of amides is 1. The van der Waals surface area contributed by atoms with Crippen LogP contribution in [0.2, 0.25) is 0 Å². The van der Waals surface area contributed by atoms with Crippen LogP contribution in [0.1, 0.15) is 24.4 Å². The van der Waals surface area contributed by atoms with Crippen molar-refractivity contribution in [1.82, 2.24) is 10.6 Å². The fourth-order valence-corrected chi connectivity index (χ4v) is 1.82. The van der Waals surface area contributed by atoms with E-state index in [-0.39, 0.29) is 11.9 Å². The molecule has 80 valence electrons. The molecule has 2 N–H and O–H groups in total. The van der Waals surface area contributed by atoms with Crippen molar-refractivity contribution in [1.29, 1.82) is 0 Å². The number of rotatable bonds is 1. The Labute approximate surface area is 89.9 Å². The van der Waals surface area contributed by atoms with E-state index in [4.69, 9.17) is 0 Å². The van der Waals surface area contributed by atoms with Crippen LogP contribution in [-0.4, -0.2) is 19.0 Å². The van der Waals surface area contributed by atoms with E-state index in [1.165, 1.54) is 0 Å². The molecule has 1 heterocycles. The zero-order chi connectivity index (χ0) is 10.5. The first-order valence-electron chi connectivity index (χ1n) is 5.44. The summed E-state index contributed by atoms with van der Waals surface area (Å²) in [6.07, 6.45) is 2.17. The number of nitrogens with one attached hydrogen (secondary N) is 2. The SMILES string of the molecule is O=C1NCCCCNC1c1ccccc1. The molecule has 1 saturated heterocycles. The van der Waals surface area contributed by atoms with E-state index < -0.39 is 0 Å². The van der Waals surface area contributed by atoms with Crippen LogP contribution in [0.4, 0.5) is 0 Å².